The number of ether oxygens (including phenoxy) is 1. The van der Waals surface area contributed by atoms with Crippen LogP contribution < -0.4 is 5.32 Å². The predicted molar refractivity (Wildman–Crippen MR) is 66.9 cm³/mol. The lowest BCUT2D eigenvalue weighted by molar-refractivity contribution is -0.119. The van der Waals surface area contributed by atoms with Crippen molar-refractivity contribution in [3.8, 4) is 0 Å². The molecule has 0 bridgehead atoms. The summed E-state index contributed by atoms with van der Waals surface area (Å²) in [5.74, 6) is -0.703. The van der Waals surface area contributed by atoms with Crippen molar-refractivity contribution in [1.29, 1.82) is 0 Å². The maximum atomic E-state index is 13.1. The van der Waals surface area contributed by atoms with Crippen LogP contribution in [0.5, 0.6) is 0 Å². The Morgan fingerprint density at radius 2 is 2.11 bits per heavy atom. The Labute approximate surface area is 111 Å². The third-order valence-corrected chi connectivity index (χ3v) is 3.86. The number of nitrogens with one attached hydrogen (secondary N) is 1. The van der Waals surface area contributed by atoms with E-state index < -0.39 is 15.1 Å². The van der Waals surface area contributed by atoms with Crippen LogP contribution >= 0.6 is 0 Å². The zero-order valence-electron chi connectivity index (χ0n) is 10.3. The molecule has 0 spiro atoms. The van der Waals surface area contributed by atoms with E-state index in [-0.39, 0.29) is 30.2 Å². The Balaban J connectivity index is 2.18. The first-order valence-corrected chi connectivity index (χ1v) is 7.22. The van der Waals surface area contributed by atoms with E-state index in [0.29, 0.717) is 6.42 Å². The molecule has 1 heterocycles. The van der Waals surface area contributed by atoms with Crippen molar-refractivity contribution in [2.45, 2.75) is 24.3 Å². The Hall–Kier alpha value is -1.47. The van der Waals surface area contributed by atoms with Crippen LogP contribution in [0.1, 0.15) is 13.3 Å². The molecule has 2 atom stereocenters. The van der Waals surface area contributed by atoms with E-state index >= 15 is 0 Å². The number of benzene rings is 1. The fourth-order valence-electron chi connectivity index (χ4n) is 2.02. The van der Waals surface area contributed by atoms with Gasteiger partial charge in [-0.3, -0.25) is 4.79 Å². The number of rotatable bonds is 3. The molecule has 1 saturated heterocycles. The van der Waals surface area contributed by atoms with E-state index in [2.05, 4.69) is 5.32 Å². The van der Waals surface area contributed by atoms with Crippen LogP contribution in [0, 0.1) is 5.92 Å². The van der Waals surface area contributed by atoms with Gasteiger partial charge in [0, 0.05) is 0 Å². The number of hydrogen-bond donors (Lipinski definition) is 1. The van der Waals surface area contributed by atoms with E-state index in [1.165, 1.54) is 18.2 Å². The summed E-state index contributed by atoms with van der Waals surface area (Å²) in [5, 5.41) is 2.44. The number of carbonyl (C=O) groups excluding carboxylic acids is 1. The summed E-state index contributed by atoms with van der Waals surface area (Å²) in [4.78, 5) is 11.4. The number of para-hydroxylation sites is 1. The van der Waals surface area contributed by atoms with Gasteiger partial charge in [0.05, 0.1) is 24.3 Å². The Kier molecular flexibility index (Phi) is 3.86. The molecule has 0 aliphatic carbocycles. The van der Waals surface area contributed by atoms with Gasteiger partial charge in [-0.25, -0.2) is 0 Å². The van der Waals surface area contributed by atoms with Gasteiger partial charge < -0.3 is 10.1 Å². The highest BCUT2D eigenvalue weighted by atomic mass is 32.3. The third kappa shape index (κ3) is 3.30. The van der Waals surface area contributed by atoms with E-state index in [9.17, 15) is 17.1 Å². The minimum Gasteiger partial charge on any atom is -0.378 e. The van der Waals surface area contributed by atoms with Gasteiger partial charge in [0.25, 0.3) is 0 Å². The summed E-state index contributed by atoms with van der Waals surface area (Å²) < 4.78 is 40.3. The first kappa shape index (κ1) is 14.0. The third-order valence-electron chi connectivity index (χ3n) is 2.98. The van der Waals surface area contributed by atoms with Gasteiger partial charge in [0.2, 0.25) is 5.91 Å². The lowest BCUT2D eigenvalue weighted by Crippen LogP contribution is -2.23. The van der Waals surface area contributed by atoms with Crippen molar-refractivity contribution >= 4 is 21.8 Å². The lowest BCUT2D eigenvalue weighted by Gasteiger charge is -2.11. The second-order valence-corrected chi connectivity index (χ2v) is 5.82. The van der Waals surface area contributed by atoms with Crippen molar-refractivity contribution in [3.05, 3.63) is 24.3 Å². The summed E-state index contributed by atoms with van der Waals surface area (Å²) in [7, 11) is -4.86. The van der Waals surface area contributed by atoms with E-state index in [4.69, 9.17) is 4.74 Å². The molecular formula is C12H14FNO4S. The highest BCUT2D eigenvalue weighted by Crippen LogP contribution is 2.25. The molecule has 1 aliphatic heterocycles. The summed E-state index contributed by atoms with van der Waals surface area (Å²) in [6.45, 7) is 2.14. The van der Waals surface area contributed by atoms with Gasteiger partial charge in [-0.15, -0.1) is 3.89 Å². The molecule has 104 valence electrons. The van der Waals surface area contributed by atoms with Crippen LogP contribution in [0.4, 0.5) is 9.57 Å². The highest BCUT2D eigenvalue weighted by molar-refractivity contribution is 7.86. The summed E-state index contributed by atoms with van der Waals surface area (Å²) >= 11 is 0. The van der Waals surface area contributed by atoms with E-state index in [1.54, 1.807) is 0 Å². The number of amides is 1. The molecule has 2 unspecified atom stereocenters. The molecule has 1 aromatic carbocycles. The van der Waals surface area contributed by atoms with Gasteiger partial charge in [-0.05, 0) is 25.5 Å². The molecule has 1 aromatic rings. The Morgan fingerprint density at radius 1 is 1.42 bits per heavy atom. The topological polar surface area (TPSA) is 72.5 Å². The highest BCUT2D eigenvalue weighted by Gasteiger charge is 2.29. The molecule has 1 N–H and O–H groups in total. The van der Waals surface area contributed by atoms with Crippen molar-refractivity contribution in [2.24, 2.45) is 5.92 Å². The number of anilines is 1. The van der Waals surface area contributed by atoms with Crippen molar-refractivity contribution in [1.82, 2.24) is 0 Å². The average molecular weight is 287 g/mol. The molecule has 0 radical (unpaired) electrons. The van der Waals surface area contributed by atoms with Gasteiger partial charge in [0.1, 0.15) is 4.90 Å². The molecule has 1 aliphatic rings. The second-order valence-electron chi connectivity index (χ2n) is 4.50. The number of halogens is 1. The number of hydrogen-bond acceptors (Lipinski definition) is 4. The molecule has 5 nitrogen and oxygen atoms in total. The Morgan fingerprint density at radius 3 is 2.68 bits per heavy atom. The molecule has 2 rings (SSSR count). The molecule has 1 fully saturated rings. The van der Waals surface area contributed by atoms with Crippen LogP contribution in [0.2, 0.25) is 0 Å². The summed E-state index contributed by atoms with van der Waals surface area (Å²) in [6.07, 6.45) is 0.562. The average Bonchev–Trinajstić information content (AvgIpc) is 2.75. The van der Waals surface area contributed by atoms with Crippen molar-refractivity contribution in [3.63, 3.8) is 0 Å². The quantitative estimate of drug-likeness (QED) is 0.859. The normalized spacial score (nSPS) is 23.3. The summed E-state index contributed by atoms with van der Waals surface area (Å²) in [6, 6.07) is 5.38. The van der Waals surface area contributed by atoms with Crippen LogP contribution in [-0.2, 0) is 19.8 Å². The van der Waals surface area contributed by atoms with Crippen LogP contribution in [0.3, 0.4) is 0 Å². The summed E-state index contributed by atoms with van der Waals surface area (Å²) in [5.41, 5.74) is -0.0467. The maximum absolute atomic E-state index is 13.1. The molecule has 19 heavy (non-hydrogen) atoms. The van der Waals surface area contributed by atoms with Gasteiger partial charge >= 0.3 is 10.2 Å². The van der Waals surface area contributed by atoms with E-state index in [1.807, 2.05) is 6.92 Å². The smallest absolute Gasteiger partial charge is 0.334 e. The zero-order valence-corrected chi connectivity index (χ0v) is 11.1. The van der Waals surface area contributed by atoms with E-state index in [0.717, 1.165) is 6.07 Å². The van der Waals surface area contributed by atoms with Crippen molar-refractivity contribution < 1.29 is 21.8 Å². The Bertz CT molecular complexity index is 587. The number of carbonyl (C=O) groups is 1. The largest absolute Gasteiger partial charge is 0.378 e. The van der Waals surface area contributed by atoms with Gasteiger partial charge in [0.15, 0.2) is 0 Å². The van der Waals surface area contributed by atoms with Gasteiger partial charge in [-0.1, -0.05) is 12.1 Å². The maximum Gasteiger partial charge on any atom is 0.334 e. The first-order chi connectivity index (χ1) is 8.88. The SMILES string of the molecule is CC1CC(C(=O)Nc2ccccc2S(=O)(=O)F)CO1. The standard InChI is InChI=1S/C12H14FNO4S/c1-8-6-9(7-18-8)12(15)14-10-4-2-3-5-11(10)19(13,16)17/h2-5,8-9H,6-7H2,1H3,(H,14,15). The fourth-order valence-corrected chi connectivity index (χ4v) is 2.64. The lowest BCUT2D eigenvalue weighted by atomic mass is 10.1. The molecule has 0 aromatic heterocycles. The molecule has 7 heteroatoms. The van der Waals surface area contributed by atoms with Gasteiger partial charge in [-0.2, -0.15) is 8.42 Å². The second kappa shape index (κ2) is 5.26. The van der Waals surface area contributed by atoms with Crippen molar-refractivity contribution in [2.75, 3.05) is 11.9 Å². The van der Waals surface area contributed by atoms with Crippen LogP contribution in [0.25, 0.3) is 0 Å². The first-order valence-electron chi connectivity index (χ1n) is 5.84. The minimum absolute atomic E-state index is 0.00379. The minimum atomic E-state index is -4.86. The molecular weight excluding hydrogens is 273 g/mol. The zero-order chi connectivity index (χ0) is 14.0. The fraction of sp³-hybridized carbons (Fsp3) is 0.417. The van der Waals surface area contributed by atoms with Crippen LogP contribution in [0.15, 0.2) is 29.2 Å². The monoisotopic (exact) mass is 287 g/mol. The van der Waals surface area contributed by atoms with Crippen LogP contribution in [-0.4, -0.2) is 27.0 Å². The predicted octanol–water partition coefficient (Wildman–Crippen LogP) is 1.71. The molecule has 1 amide bonds. The molecule has 0 saturated carbocycles.